The van der Waals surface area contributed by atoms with E-state index in [4.69, 9.17) is 8.92 Å². The van der Waals surface area contributed by atoms with E-state index in [0.29, 0.717) is 12.5 Å². The number of rotatable bonds is 6. The Bertz CT molecular complexity index is 311. The molecule has 0 aromatic heterocycles. The molecule has 0 unspecified atom stereocenters. The molecule has 1 aromatic rings. The quantitative estimate of drug-likeness (QED) is 0.458. The molecule has 0 aliphatic heterocycles. The summed E-state index contributed by atoms with van der Waals surface area (Å²) in [4.78, 5) is 0. The smallest absolute Gasteiger partial charge is 0.191 e. The number of hydrogen-bond donors (Lipinski definition) is 1. The van der Waals surface area contributed by atoms with Crippen LogP contribution in [0.4, 0.5) is 0 Å². The van der Waals surface area contributed by atoms with Crippen molar-refractivity contribution in [3.63, 3.8) is 0 Å². The van der Waals surface area contributed by atoms with E-state index in [1.165, 1.54) is 5.56 Å². The van der Waals surface area contributed by atoms with Crippen molar-refractivity contribution in [2.45, 2.75) is 13.8 Å². The van der Waals surface area contributed by atoms with Crippen LogP contribution in [0, 0.1) is 6.92 Å². The molecular formula is C11H15NO2S. The largest absolute Gasteiger partial charge is 0.479 e. The molecule has 1 aromatic carbocycles. The van der Waals surface area contributed by atoms with E-state index in [-0.39, 0.29) is 0 Å². The Hall–Kier alpha value is -1.29. The minimum Gasteiger partial charge on any atom is -0.479 e. The van der Waals surface area contributed by atoms with Crippen LogP contribution in [0.25, 0.3) is 0 Å². The molecule has 0 bridgehead atoms. The van der Waals surface area contributed by atoms with E-state index in [1.54, 1.807) is 0 Å². The number of aryl methyl sites for hydroxylation is 1. The van der Waals surface area contributed by atoms with Crippen molar-refractivity contribution in [2.75, 3.05) is 6.61 Å². The molecule has 0 aliphatic rings. The van der Waals surface area contributed by atoms with Crippen LogP contribution in [0.3, 0.4) is 0 Å². The summed E-state index contributed by atoms with van der Waals surface area (Å²) in [5.41, 5.74) is 1.21. The van der Waals surface area contributed by atoms with Gasteiger partial charge in [-0.2, -0.15) is 0 Å². The van der Waals surface area contributed by atoms with Crippen molar-refractivity contribution in [3.05, 3.63) is 42.3 Å². The van der Waals surface area contributed by atoms with E-state index >= 15 is 0 Å². The van der Waals surface area contributed by atoms with E-state index in [0.717, 1.165) is 18.0 Å². The Morgan fingerprint density at radius 1 is 1.40 bits per heavy atom. The van der Waals surface area contributed by atoms with Gasteiger partial charge in [0, 0.05) is 0 Å². The topological polar surface area (TPSA) is 30.5 Å². The maximum atomic E-state index is 5.34. The van der Waals surface area contributed by atoms with Crippen molar-refractivity contribution in [1.82, 2.24) is 4.72 Å². The van der Waals surface area contributed by atoms with Crippen molar-refractivity contribution >= 4 is 12.2 Å². The highest BCUT2D eigenvalue weighted by molar-refractivity contribution is 7.93. The van der Waals surface area contributed by atoms with Crippen LogP contribution < -0.4 is 8.91 Å². The van der Waals surface area contributed by atoms with Crippen LogP contribution in [0.1, 0.15) is 12.5 Å². The van der Waals surface area contributed by atoms with Gasteiger partial charge in [-0.05, 0) is 32.6 Å². The summed E-state index contributed by atoms with van der Waals surface area (Å²) >= 11 is 1.09. The number of benzene rings is 1. The zero-order chi connectivity index (χ0) is 11.1. The Balaban J connectivity index is 2.26. The molecule has 1 rings (SSSR count). The lowest BCUT2D eigenvalue weighted by molar-refractivity contribution is 0.221. The maximum Gasteiger partial charge on any atom is 0.191 e. The molecule has 4 heteroatoms. The molecular weight excluding hydrogens is 210 g/mol. The second kappa shape index (κ2) is 6.24. The first-order chi connectivity index (χ1) is 7.22. The summed E-state index contributed by atoms with van der Waals surface area (Å²) in [6.07, 6.45) is 0. The first kappa shape index (κ1) is 11.8. The predicted molar refractivity (Wildman–Crippen MR) is 63.3 cm³/mol. The van der Waals surface area contributed by atoms with Gasteiger partial charge in [0.1, 0.15) is 5.75 Å². The van der Waals surface area contributed by atoms with Crippen molar-refractivity contribution in [3.8, 4) is 5.75 Å². The third-order valence-corrected chi connectivity index (χ3v) is 2.22. The molecule has 0 saturated heterocycles. The van der Waals surface area contributed by atoms with E-state index in [2.05, 4.69) is 11.3 Å². The normalized spacial score (nSPS) is 9.47. The molecule has 0 atom stereocenters. The zero-order valence-corrected chi connectivity index (χ0v) is 9.76. The summed E-state index contributed by atoms with van der Waals surface area (Å²) < 4.78 is 13.3. The van der Waals surface area contributed by atoms with Gasteiger partial charge >= 0.3 is 0 Å². The Morgan fingerprint density at radius 2 is 2.07 bits per heavy atom. The van der Waals surface area contributed by atoms with Crippen LogP contribution in [-0.4, -0.2) is 6.61 Å². The molecule has 0 fully saturated rings. The van der Waals surface area contributed by atoms with E-state index in [9.17, 15) is 0 Å². The van der Waals surface area contributed by atoms with Gasteiger partial charge in [0.2, 0.25) is 0 Å². The maximum absolute atomic E-state index is 5.34. The standard InChI is InChI=1S/C11H15NO2S/c1-4-13-10(3)12-15-14-11-7-5-9(2)6-8-11/h5-8,12H,3-4H2,1-2H3. The van der Waals surface area contributed by atoms with Crippen molar-refractivity contribution in [2.24, 2.45) is 0 Å². The van der Waals surface area contributed by atoms with Gasteiger partial charge in [0.15, 0.2) is 18.1 Å². The summed E-state index contributed by atoms with van der Waals surface area (Å²) in [6, 6.07) is 7.81. The van der Waals surface area contributed by atoms with E-state index in [1.807, 2.05) is 38.1 Å². The zero-order valence-electron chi connectivity index (χ0n) is 8.95. The van der Waals surface area contributed by atoms with Gasteiger partial charge in [-0.3, -0.25) is 4.72 Å². The Kier molecular flexibility index (Phi) is 4.90. The number of ether oxygens (including phenoxy) is 1. The highest BCUT2D eigenvalue weighted by Gasteiger charge is 1.96. The number of hydrogen-bond acceptors (Lipinski definition) is 4. The van der Waals surface area contributed by atoms with Gasteiger partial charge in [-0.1, -0.05) is 17.7 Å². The summed E-state index contributed by atoms with van der Waals surface area (Å²) in [7, 11) is 0. The van der Waals surface area contributed by atoms with Crippen LogP contribution in [0.15, 0.2) is 36.7 Å². The Morgan fingerprint density at radius 3 is 2.67 bits per heavy atom. The SMILES string of the molecule is C=C(NSOc1ccc(C)cc1)OCC. The molecule has 0 amide bonds. The fourth-order valence-electron chi connectivity index (χ4n) is 0.913. The van der Waals surface area contributed by atoms with Crippen LogP contribution in [0.5, 0.6) is 5.75 Å². The fraction of sp³-hybridized carbons (Fsp3) is 0.273. The first-order valence-electron chi connectivity index (χ1n) is 4.70. The highest BCUT2D eigenvalue weighted by atomic mass is 32.2. The minimum atomic E-state index is 0.495. The summed E-state index contributed by atoms with van der Waals surface area (Å²) in [6.45, 7) is 8.18. The molecule has 0 aliphatic carbocycles. The lowest BCUT2D eigenvalue weighted by Crippen LogP contribution is -2.07. The van der Waals surface area contributed by atoms with Crippen LogP contribution in [-0.2, 0) is 4.74 Å². The lowest BCUT2D eigenvalue weighted by Gasteiger charge is -2.08. The van der Waals surface area contributed by atoms with Gasteiger partial charge in [0.05, 0.1) is 6.61 Å². The average molecular weight is 225 g/mol. The molecule has 0 heterocycles. The number of nitrogens with one attached hydrogen (secondary N) is 1. The fourth-order valence-corrected chi connectivity index (χ4v) is 1.31. The highest BCUT2D eigenvalue weighted by Crippen LogP contribution is 2.15. The molecule has 1 N–H and O–H groups in total. The van der Waals surface area contributed by atoms with Gasteiger partial charge in [0.25, 0.3) is 0 Å². The molecule has 0 radical (unpaired) electrons. The second-order valence-electron chi connectivity index (χ2n) is 2.94. The van der Waals surface area contributed by atoms with Crippen LogP contribution >= 0.6 is 12.2 Å². The van der Waals surface area contributed by atoms with Crippen LogP contribution in [0.2, 0.25) is 0 Å². The molecule has 15 heavy (non-hydrogen) atoms. The van der Waals surface area contributed by atoms with Gasteiger partial charge < -0.3 is 8.92 Å². The molecule has 82 valence electrons. The second-order valence-corrected chi connectivity index (χ2v) is 3.48. The van der Waals surface area contributed by atoms with Gasteiger partial charge in [-0.15, -0.1) is 0 Å². The average Bonchev–Trinajstić information content (AvgIpc) is 2.21. The molecule has 0 spiro atoms. The Labute approximate surface area is 94.8 Å². The lowest BCUT2D eigenvalue weighted by atomic mass is 10.2. The minimum absolute atomic E-state index is 0.495. The van der Waals surface area contributed by atoms with Crippen molar-refractivity contribution < 1.29 is 8.92 Å². The van der Waals surface area contributed by atoms with E-state index < -0.39 is 0 Å². The van der Waals surface area contributed by atoms with Crippen molar-refractivity contribution in [1.29, 1.82) is 0 Å². The first-order valence-corrected chi connectivity index (χ1v) is 5.44. The summed E-state index contributed by atoms with van der Waals surface area (Å²) in [5.74, 6) is 1.29. The predicted octanol–water partition coefficient (Wildman–Crippen LogP) is 3.03. The van der Waals surface area contributed by atoms with Gasteiger partial charge in [-0.25, -0.2) is 0 Å². The third kappa shape index (κ3) is 4.65. The monoisotopic (exact) mass is 225 g/mol. The molecule has 3 nitrogen and oxygen atoms in total. The third-order valence-electron chi connectivity index (χ3n) is 1.63. The molecule has 0 saturated carbocycles. The summed E-state index contributed by atoms with van der Waals surface area (Å²) in [5, 5.41) is 0.